The second-order valence-corrected chi connectivity index (χ2v) is 5.52. The maximum atomic E-state index is 12.6. The van der Waals surface area contributed by atoms with Crippen molar-refractivity contribution in [1.82, 2.24) is 19.4 Å². The third-order valence-corrected chi connectivity index (χ3v) is 3.45. The molecule has 0 fully saturated rings. The van der Waals surface area contributed by atoms with Gasteiger partial charge in [-0.1, -0.05) is 6.92 Å². The van der Waals surface area contributed by atoms with Gasteiger partial charge in [-0.05, 0) is 26.9 Å². The second kappa shape index (κ2) is 6.74. The summed E-state index contributed by atoms with van der Waals surface area (Å²) in [4.78, 5) is 21.0. The molecular weight excluding hydrogens is 254 g/mol. The lowest BCUT2D eigenvalue weighted by molar-refractivity contribution is 0.0739. The van der Waals surface area contributed by atoms with Crippen LogP contribution in [0.3, 0.4) is 0 Å². The van der Waals surface area contributed by atoms with Gasteiger partial charge in [-0.2, -0.15) is 0 Å². The van der Waals surface area contributed by atoms with Crippen LogP contribution < -0.4 is 5.32 Å². The third-order valence-electron chi connectivity index (χ3n) is 3.45. The Bertz CT molecular complexity index is 431. The molecule has 0 saturated heterocycles. The summed E-state index contributed by atoms with van der Waals surface area (Å²) in [6, 6.07) is 0. The van der Waals surface area contributed by atoms with E-state index in [2.05, 4.69) is 22.1 Å². The number of rotatable bonds is 6. The van der Waals surface area contributed by atoms with Crippen molar-refractivity contribution in [2.45, 2.75) is 26.3 Å². The van der Waals surface area contributed by atoms with E-state index in [0.29, 0.717) is 5.69 Å². The first-order valence-corrected chi connectivity index (χ1v) is 7.37. The molecule has 1 amide bonds. The Morgan fingerprint density at radius 3 is 2.85 bits per heavy atom. The number of nitrogens with zero attached hydrogens (tertiary/aromatic N) is 4. The SMILES string of the molecule is CCCN(CCN(C)C)C(=O)c1cn2c(n1)NCCC2. The number of hydrogen-bond donors (Lipinski definition) is 1. The van der Waals surface area contributed by atoms with Crippen LogP contribution in [0.25, 0.3) is 0 Å². The fourth-order valence-electron chi connectivity index (χ4n) is 2.35. The highest BCUT2D eigenvalue weighted by Crippen LogP contribution is 2.15. The van der Waals surface area contributed by atoms with Crippen molar-refractivity contribution in [3.05, 3.63) is 11.9 Å². The van der Waals surface area contributed by atoms with Crippen LogP contribution >= 0.6 is 0 Å². The van der Waals surface area contributed by atoms with Crippen LogP contribution in [-0.2, 0) is 6.54 Å². The number of amides is 1. The van der Waals surface area contributed by atoms with Crippen molar-refractivity contribution in [2.24, 2.45) is 0 Å². The van der Waals surface area contributed by atoms with E-state index in [4.69, 9.17) is 0 Å². The molecular formula is C14H25N5O. The van der Waals surface area contributed by atoms with E-state index in [0.717, 1.165) is 51.5 Å². The summed E-state index contributed by atoms with van der Waals surface area (Å²) in [5.41, 5.74) is 0.557. The van der Waals surface area contributed by atoms with E-state index in [9.17, 15) is 4.79 Å². The Hall–Kier alpha value is -1.56. The fraction of sp³-hybridized carbons (Fsp3) is 0.714. The Kier molecular flexibility index (Phi) is 5.00. The number of fused-ring (bicyclic) bond motifs is 1. The molecule has 0 spiro atoms. The first kappa shape index (κ1) is 14.8. The molecule has 6 heteroatoms. The molecule has 1 aromatic rings. The summed E-state index contributed by atoms with van der Waals surface area (Å²) < 4.78 is 2.03. The van der Waals surface area contributed by atoms with Crippen LogP contribution in [0.15, 0.2) is 6.20 Å². The Morgan fingerprint density at radius 2 is 2.20 bits per heavy atom. The zero-order valence-corrected chi connectivity index (χ0v) is 12.7. The minimum Gasteiger partial charge on any atom is -0.356 e. The minimum atomic E-state index is 0.0393. The number of nitrogens with one attached hydrogen (secondary N) is 1. The first-order chi connectivity index (χ1) is 9.61. The van der Waals surface area contributed by atoms with E-state index in [1.807, 2.05) is 29.8 Å². The molecule has 0 unspecified atom stereocenters. The van der Waals surface area contributed by atoms with Crippen LogP contribution in [0.4, 0.5) is 5.95 Å². The van der Waals surface area contributed by atoms with Gasteiger partial charge in [-0.3, -0.25) is 4.79 Å². The van der Waals surface area contributed by atoms with Gasteiger partial charge in [0.1, 0.15) is 5.69 Å². The number of carbonyl (C=O) groups is 1. The molecule has 0 atom stereocenters. The third kappa shape index (κ3) is 3.50. The van der Waals surface area contributed by atoms with Crippen LogP contribution in [0, 0.1) is 0 Å². The molecule has 0 radical (unpaired) electrons. The number of aryl methyl sites for hydroxylation is 1. The van der Waals surface area contributed by atoms with Gasteiger partial charge in [0, 0.05) is 38.9 Å². The summed E-state index contributed by atoms with van der Waals surface area (Å²) in [5, 5.41) is 3.23. The molecule has 112 valence electrons. The van der Waals surface area contributed by atoms with E-state index in [1.165, 1.54) is 0 Å². The highest BCUT2D eigenvalue weighted by molar-refractivity contribution is 5.92. The normalized spacial score (nSPS) is 14.0. The van der Waals surface area contributed by atoms with Crippen LogP contribution in [-0.4, -0.2) is 65.5 Å². The van der Waals surface area contributed by atoms with Crippen LogP contribution in [0.2, 0.25) is 0 Å². The van der Waals surface area contributed by atoms with Crippen molar-refractivity contribution < 1.29 is 4.79 Å². The maximum Gasteiger partial charge on any atom is 0.274 e. The van der Waals surface area contributed by atoms with Gasteiger partial charge in [0.2, 0.25) is 5.95 Å². The monoisotopic (exact) mass is 279 g/mol. The Labute approximate surface area is 120 Å². The average Bonchev–Trinajstić information content (AvgIpc) is 2.86. The molecule has 1 aromatic heterocycles. The molecule has 1 aliphatic rings. The molecule has 2 heterocycles. The lowest BCUT2D eigenvalue weighted by Crippen LogP contribution is -2.37. The predicted molar refractivity (Wildman–Crippen MR) is 80.1 cm³/mol. The second-order valence-electron chi connectivity index (χ2n) is 5.52. The summed E-state index contributed by atoms with van der Waals surface area (Å²) in [7, 11) is 4.04. The topological polar surface area (TPSA) is 53.4 Å². The number of imidazole rings is 1. The van der Waals surface area contributed by atoms with E-state index in [-0.39, 0.29) is 5.91 Å². The summed E-state index contributed by atoms with van der Waals surface area (Å²) in [6.07, 6.45) is 3.92. The van der Waals surface area contributed by atoms with Crippen molar-refractivity contribution in [2.75, 3.05) is 45.6 Å². The Balaban J connectivity index is 2.07. The van der Waals surface area contributed by atoms with Crippen LogP contribution in [0.5, 0.6) is 0 Å². The van der Waals surface area contributed by atoms with Crippen LogP contribution in [0.1, 0.15) is 30.3 Å². The molecule has 0 saturated carbocycles. The quantitative estimate of drug-likeness (QED) is 0.847. The van der Waals surface area contributed by atoms with Crippen molar-refractivity contribution in [1.29, 1.82) is 0 Å². The van der Waals surface area contributed by atoms with Crippen molar-refractivity contribution >= 4 is 11.9 Å². The van der Waals surface area contributed by atoms with E-state index < -0.39 is 0 Å². The molecule has 0 aliphatic carbocycles. The summed E-state index contributed by atoms with van der Waals surface area (Å²) >= 11 is 0. The first-order valence-electron chi connectivity index (χ1n) is 7.37. The van der Waals surface area contributed by atoms with Gasteiger partial charge in [0.25, 0.3) is 5.91 Å². The number of anilines is 1. The van der Waals surface area contributed by atoms with Gasteiger partial charge in [0.05, 0.1) is 0 Å². The predicted octanol–water partition coefficient (Wildman–Crippen LogP) is 1.11. The molecule has 0 aromatic carbocycles. The zero-order chi connectivity index (χ0) is 14.5. The molecule has 20 heavy (non-hydrogen) atoms. The van der Waals surface area contributed by atoms with Gasteiger partial charge < -0.3 is 19.7 Å². The van der Waals surface area contributed by atoms with Crippen molar-refractivity contribution in [3.63, 3.8) is 0 Å². The standard InChI is InChI=1S/C14H25N5O/c1-4-7-18(10-9-17(2)3)13(20)12-11-19-8-5-6-15-14(19)16-12/h11H,4-10H2,1-3H3,(H,15,16). The minimum absolute atomic E-state index is 0.0393. The lowest BCUT2D eigenvalue weighted by atomic mass is 10.3. The van der Waals surface area contributed by atoms with Gasteiger partial charge in [-0.15, -0.1) is 0 Å². The molecule has 6 nitrogen and oxygen atoms in total. The lowest BCUT2D eigenvalue weighted by Gasteiger charge is -2.23. The number of hydrogen-bond acceptors (Lipinski definition) is 4. The maximum absolute atomic E-state index is 12.6. The number of carbonyl (C=O) groups excluding carboxylic acids is 1. The average molecular weight is 279 g/mol. The van der Waals surface area contributed by atoms with Gasteiger partial charge in [-0.25, -0.2) is 4.98 Å². The number of likely N-dealkylation sites (N-methyl/N-ethyl adjacent to an activating group) is 1. The number of aromatic nitrogens is 2. The van der Waals surface area contributed by atoms with Gasteiger partial charge >= 0.3 is 0 Å². The summed E-state index contributed by atoms with van der Waals surface area (Å²) in [6.45, 7) is 6.36. The molecule has 0 bridgehead atoms. The molecule has 1 aliphatic heterocycles. The largest absolute Gasteiger partial charge is 0.356 e. The smallest absolute Gasteiger partial charge is 0.274 e. The van der Waals surface area contributed by atoms with Gasteiger partial charge in [0.15, 0.2) is 0 Å². The Morgan fingerprint density at radius 1 is 1.40 bits per heavy atom. The zero-order valence-electron chi connectivity index (χ0n) is 12.7. The fourth-order valence-corrected chi connectivity index (χ4v) is 2.35. The van der Waals surface area contributed by atoms with E-state index >= 15 is 0 Å². The van der Waals surface area contributed by atoms with Crippen molar-refractivity contribution in [3.8, 4) is 0 Å². The highest BCUT2D eigenvalue weighted by Gasteiger charge is 2.21. The highest BCUT2D eigenvalue weighted by atomic mass is 16.2. The summed E-state index contributed by atoms with van der Waals surface area (Å²) in [5.74, 6) is 0.862. The molecule has 1 N–H and O–H groups in total. The molecule has 2 rings (SSSR count). The van der Waals surface area contributed by atoms with E-state index in [1.54, 1.807) is 0 Å².